The van der Waals surface area contributed by atoms with Crippen LogP contribution in [-0.4, -0.2) is 6.54 Å². The van der Waals surface area contributed by atoms with Crippen molar-refractivity contribution < 1.29 is 9.13 Å². The maximum Gasteiger partial charge on any atom is 0.130 e. The molecule has 0 aliphatic carbocycles. The van der Waals surface area contributed by atoms with Crippen molar-refractivity contribution in [1.82, 2.24) is 0 Å². The number of benzene rings is 2. The lowest BCUT2D eigenvalue weighted by atomic mass is 10.0. The van der Waals surface area contributed by atoms with Crippen molar-refractivity contribution in [2.45, 2.75) is 26.2 Å². The number of rotatable bonds is 5. The molecule has 0 radical (unpaired) electrons. The van der Waals surface area contributed by atoms with Gasteiger partial charge in [0.1, 0.15) is 17.3 Å². The Morgan fingerprint density at radius 1 is 1.19 bits per heavy atom. The van der Waals surface area contributed by atoms with Crippen molar-refractivity contribution >= 4 is 15.9 Å². The molecule has 0 amide bonds. The molecule has 2 N–H and O–H groups in total. The average molecular weight is 352 g/mol. The molecule has 0 spiro atoms. The molecule has 21 heavy (non-hydrogen) atoms. The van der Waals surface area contributed by atoms with Gasteiger partial charge >= 0.3 is 0 Å². The van der Waals surface area contributed by atoms with Crippen LogP contribution in [-0.2, 0) is 6.42 Å². The number of halogens is 2. The zero-order valence-corrected chi connectivity index (χ0v) is 13.8. The van der Waals surface area contributed by atoms with E-state index in [1.807, 2.05) is 24.3 Å². The molecular formula is C17H19BrFNO. The van der Waals surface area contributed by atoms with Crippen LogP contribution in [0.15, 0.2) is 40.9 Å². The Hall–Kier alpha value is -1.39. The van der Waals surface area contributed by atoms with Crippen LogP contribution in [0.1, 0.15) is 30.9 Å². The lowest BCUT2D eigenvalue weighted by Crippen LogP contribution is -2.03. The normalized spacial score (nSPS) is 11.0. The van der Waals surface area contributed by atoms with Gasteiger partial charge in [-0.2, -0.15) is 0 Å². The summed E-state index contributed by atoms with van der Waals surface area (Å²) in [5.41, 5.74) is 7.45. The first-order chi connectivity index (χ1) is 9.99. The first-order valence-corrected chi connectivity index (χ1v) is 7.75. The largest absolute Gasteiger partial charge is 0.457 e. The topological polar surface area (TPSA) is 35.2 Å². The van der Waals surface area contributed by atoms with Crippen LogP contribution in [0.5, 0.6) is 11.5 Å². The highest BCUT2D eigenvalue weighted by atomic mass is 79.9. The van der Waals surface area contributed by atoms with Gasteiger partial charge in [-0.25, -0.2) is 4.39 Å². The minimum atomic E-state index is -0.306. The summed E-state index contributed by atoms with van der Waals surface area (Å²) in [6, 6.07) is 10.6. The molecule has 112 valence electrons. The molecule has 0 aliphatic heterocycles. The van der Waals surface area contributed by atoms with Gasteiger partial charge in [0, 0.05) is 10.5 Å². The molecule has 2 rings (SSSR count). The Morgan fingerprint density at radius 3 is 2.62 bits per heavy atom. The van der Waals surface area contributed by atoms with E-state index in [0.29, 0.717) is 24.6 Å². The van der Waals surface area contributed by atoms with Crippen molar-refractivity contribution in [2.75, 3.05) is 6.54 Å². The average Bonchev–Trinajstić information content (AvgIpc) is 2.40. The van der Waals surface area contributed by atoms with Crippen LogP contribution in [0.2, 0.25) is 0 Å². The van der Waals surface area contributed by atoms with Crippen LogP contribution in [0.4, 0.5) is 4.39 Å². The van der Waals surface area contributed by atoms with Crippen LogP contribution in [0.25, 0.3) is 0 Å². The highest BCUT2D eigenvalue weighted by Crippen LogP contribution is 2.33. The summed E-state index contributed by atoms with van der Waals surface area (Å²) in [5, 5.41) is 0. The summed E-state index contributed by atoms with van der Waals surface area (Å²) in [4.78, 5) is 0. The van der Waals surface area contributed by atoms with Gasteiger partial charge in [-0.05, 0) is 60.3 Å². The SMILES string of the molecule is CC(C)c1cc(Br)ccc1Oc1cc(F)cc(CCN)c1. The molecule has 0 aliphatic rings. The number of hydrogen-bond donors (Lipinski definition) is 1. The lowest BCUT2D eigenvalue weighted by Gasteiger charge is -2.15. The second-order valence-electron chi connectivity index (χ2n) is 5.27. The van der Waals surface area contributed by atoms with E-state index in [1.54, 1.807) is 0 Å². The predicted molar refractivity (Wildman–Crippen MR) is 87.5 cm³/mol. The fourth-order valence-corrected chi connectivity index (χ4v) is 2.56. The molecule has 0 bridgehead atoms. The molecule has 0 atom stereocenters. The third-order valence-corrected chi connectivity index (χ3v) is 3.68. The van der Waals surface area contributed by atoms with Crippen LogP contribution >= 0.6 is 15.9 Å². The van der Waals surface area contributed by atoms with Gasteiger partial charge in [0.15, 0.2) is 0 Å². The van der Waals surface area contributed by atoms with E-state index in [4.69, 9.17) is 10.5 Å². The Kier molecular flexibility index (Phi) is 5.37. The van der Waals surface area contributed by atoms with E-state index in [0.717, 1.165) is 21.3 Å². The van der Waals surface area contributed by atoms with Crippen LogP contribution < -0.4 is 10.5 Å². The van der Waals surface area contributed by atoms with Gasteiger partial charge < -0.3 is 10.5 Å². The van der Waals surface area contributed by atoms with Gasteiger partial charge in [0.2, 0.25) is 0 Å². The summed E-state index contributed by atoms with van der Waals surface area (Å²) >= 11 is 3.46. The van der Waals surface area contributed by atoms with E-state index >= 15 is 0 Å². The maximum absolute atomic E-state index is 13.6. The van der Waals surface area contributed by atoms with Crippen LogP contribution in [0.3, 0.4) is 0 Å². The summed E-state index contributed by atoms with van der Waals surface area (Å²) < 4.78 is 20.5. The first kappa shape index (κ1) is 16.0. The highest BCUT2D eigenvalue weighted by molar-refractivity contribution is 9.10. The highest BCUT2D eigenvalue weighted by Gasteiger charge is 2.10. The second-order valence-corrected chi connectivity index (χ2v) is 6.19. The van der Waals surface area contributed by atoms with Crippen LogP contribution in [0, 0.1) is 5.82 Å². The van der Waals surface area contributed by atoms with Gasteiger partial charge in [0.05, 0.1) is 0 Å². The fraction of sp³-hybridized carbons (Fsp3) is 0.294. The zero-order chi connectivity index (χ0) is 15.4. The first-order valence-electron chi connectivity index (χ1n) is 6.96. The summed E-state index contributed by atoms with van der Waals surface area (Å²) in [5.74, 6) is 1.26. The molecule has 2 nitrogen and oxygen atoms in total. The van der Waals surface area contributed by atoms with Crippen molar-refractivity contribution in [3.8, 4) is 11.5 Å². The molecule has 0 fully saturated rings. The van der Waals surface area contributed by atoms with E-state index in [2.05, 4.69) is 29.8 Å². The monoisotopic (exact) mass is 351 g/mol. The lowest BCUT2D eigenvalue weighted by molar-refractivity contribution is 0.467. The van der Waals surface area contributed by atoms with E-state index in [1.165, 1.54) is 12.1 Å². The van der Waals surface area contributed by atoms with Gasteiger partial charge in [-0.15, -0.1) is 0 Å². The second kappa shape index (κ2) is 7.05. The van der Waals surface area contributed by atoms with E-state index < -0.39 is 0 Å². The van der Waals surface area contributed by atoms with Gasteiger partial charge in [-0.1, -0.05) is 29.8 Å². The predicted octanol–water partition coefficient (Wildman–Crippen LogP) is 5.01. The van der Waals surface area contributed by atoms with Gasteiger partial charge in [0.25, 0.3) is 0 Å². The molecule has 2 aromatic carbocycles. The molecule has 0 heterocycles. The zero-order valence-electron chi connectivity index (χ0n) is 12.2. The molecular weight excluding hydrogens is 333 g/mol. The fourth-order valence-electron chi connectivity index (χ4n) is 2.18. The summed E-state index contributed by atoms with van der Waals surface area (Å²) in [6.07, 6.45) is 0.630. The Balaban J connectivity index is 2.33. The Labute approximate surface area is 133 Å². The third-order valence-electron chi connectivity index (χ3n) is 3.19. The summed E-state index contributed by atoms with van der Waals surface area (Å²) in [7, 11) is 0. The molecule has 0 unspecified atom stereocenters. The minimum Gasteiger partial charge on any atom is -0.457 e. The molecule has 0 saturated carbocycles. The van der Waals surface area contributed by atoms with Crippen molar-refractivity contribution in [2.24, 2.45) is 5.73 Å². The smallest absolute Gasteiger partial charge is 0.130 e. The summed E-state index contributed by atoms with van der Waals surface area (Å²) in [6.45, 7) is 4.68. The molecule has 0 aromatic heterocycles. The Morgan fingerprint density at radius 2 is 1.95 bits per heavy atom. The van der Waals surface area contributed by atoms with Crippen molar-refractivity contribution in [1.29, 1.82) is 0 Å². The number of nitrogens with two attached hydrogens (primary N) is 1. The molecule has 4 heteroatoms. The molecule has 2 aromatic rings. The minimum absolute atomic E-state index is 0.306. The number of ether oxygens (including phenoxy) is 1. The third kappa shape index (κ3) is 4.29. The van der Waals surface area contributed by atoms with Gasteiger partial charge in [-0.3, -0.25) is 0 Å². The Bertz CT molecular complexity index is 628. The number of hydrogen-bond acceptors (Lipinski definition) is 2. The van der Waals surface area contributed by atoms with E-state index in [9.17, 15) is 4.39 Å². The quantitative estimate of drug-likeness (QED) is 0.821. The van der Waals surface area contributed by atoms with E-state index in [-0.39, 0.29) is 5.82 Å². The van der Waals surface area contributed by atoms with Crippen molar-refractivity contribution in [3.63, 3.8) is 0 Å². The van der Waals surface area contributed by atoms with Crippen molar-refractivity contribution in [3.05, 3.63) is 57.8 Å². The molecule has 0 saturated heterocycles. The standard InChI is InChI=1S/C17H19BrFNO/c1-11(2)16-9-13(18)3-4-17(16)21-15-8-12(5-6-20)7-14(19)10-15/h3-4,7-11H,5-6,20H2,1-2H3. The maximum atomic E-state index is 13.6.